The van der Waals surface area contributed by atoms with E-state index < -0.39 is 0 Å². The smallest absolute Gasteiger partial charge is 0.0341 e. The van der Waals surface area contributed by atoms with Gasteiger partial charge in [-0.3, -0.25) is 0 Å². The van der Waals surface area contributed by atoms with Gasteiger partial charge >= 0.3 is 0 Å². The molecule has 2 N–H and O–H groups in total. The second-order valence-corrected chi connectivity index (χ2v) is 3.02. The van der Waals surface area contributed by atoms with Crippen molar-refractivity contribution in [2.45, 2.75) is 31.7 Å². The molecule has 0 saturated carbocycles. The molecule has 0 amide bonds. The molecule has 1 rings (SSSR count). The lowest BCUT2D eigenvalue weighted by molar-refractivity contribution is 0.383. The van der Waals surface area contributed by atoms with E-state index in [1.165, 1.54) is 12.8 Å². The molecule has 0 aliphatic carbocycles. The van der Waals surface area contributed by atoms with Gasteiger partial charge in [0.15, 0.2) is 0 Å². The van der Waals surface area contributed by atoms with Gasteiger partial charge in [0.05, 0.1) is 0 Å². The highest BCUT2D eigenvalue weighted by Crippen LogP contribution is 2.22. The van der Waals surface area contributed by atoms with Gasteiger partial charge in [0.25, 0.3) is 0 Å². The number of nitrogens with two attached hydrogens (primary N) is 1. The normalized spacial score (nSPS) is 35.3. The predicted molar refractivity (Wildman–Crippen MR) is 38.3 cm³/mol. The minimum absolute atomic E-state index is 0.245. The number of hydrogen-bond acceptors (Lipinski definition) is 1. The molecule has 1 radical (unpaired) electrons. The molecular weight excluding hydrogens is 112 g/mol. The van der Waals surface area contributed by atoms with Crippen LogP contribution in [0, 0.1) is 0 Å². The Morgan fingerprint density at radius 1 is 1.67 bits per heavy atom. The third-order valence-corrected chi connectivity index (χ3v) is 2.05. The summed E-state index contributed by atoms with van der Waals surface area (Å²) in [7, 11) is 0. The minimum Gasteiger partial charge on any atom is -0.330 e. The molecule has 0 aromatic heterocycles. The molecule has 9 heavy (non-hydrogen) atoms. The standard InChI is InChI=1S/C7H15N2/c1-7(4-5-8)3-2-6-9-7/h2-6,8H2,1H3. The van der Waals surface area contributed by atoms with E-state index in [9.17, 15) is 0 Å². The van der Waals surface area contributed by atoms with Crippen molar-refractivity contribution in [2.75, 3.05) is 13.1 Å². The highest BCUT2D eigenvalue weighted by Gasteiger charge is 2.27. The predicted octanol–water partition coefficient (Wildman–Crippen LogP) is 0.492. The Bertz CT molecular complexity index is 84.9. The molecule has 1 fully saturated rings. The molecule has 0 spiro atoms. The van der Waals surface area contributed by atoms with E-state index in [0.29, 0.717) is 0 Å². The van der Waals surface area contributed by atoms with Crippen LogP contribution < -0.4 is 11.1 Å². The first-order chi connectivity index (χ1) is 4.27. The van der Waals surface area contributed by atoms with Crippen LogP contribution in [0.3, 0.4) is 0 Å². The van der Waals surface area contributed by atoms with Gasteiger partial charge in [-0.25, -0.2) is 5.32 Å². The summed E-state index contributed by atoms with van der Waals surface area (Å²) in [6.07, 6.45) is 3.56. The van der Waals surface area contributed by atoms with Gasteiger partial charge in [-0.15, -0.1) is 0 Å². The Morgan fingerprint density at radius 2 is 2.44 bits per heavy atom. The maximum atomic E-state index is 5.43. The van der Waals surface area contributed by atoms with Gasteiger partial charge in [-0.2, -0.15) is 0 Å². The third kappa shape index (κ3) is 1.66. The molecule has 1 atom stereocenters. The largest absolute Gasteiger partial charge is 0.330 e. The number of hydrogen-bond donors (Lipinski definition) is 1. The lowest BCUT2D eigenvalue weighted by atomic mass is 9.96. The van der Waals surface area contributed by atoms with E-state index in [2.05, 4.69) is 12.2 Å². The average molecular weight is 127 g/mol. The summed E-state index contributed by atoms with van der Waals surface area (Å²) in [6.45, 7) is 4.03. The molecule has 1 unspecified atom stereocenters. The van der Waals surface area contributed by atoms with Crippen LogP contribution in [0.5, 0.6) is 0 Å². The highest BCUT2D eigenvalue weighted by molar-refractivity contribution is 4.87. The zero-order chi connectivity index (χ0) is 6.74. The maximum absolute atomic E-state index is 5.43. The van der Waals surface area contributed by atoms with Crippen molar-refractivity contribution in [1.29, 1.82) is 0 Å². The molecule has 0 aromatic rings. The Labute approximate surface area is 56.8 Å². The van der Waals surface area contributed by atoms with Crippen LogP contribution in [-0.2, 0) is 0 Å². The van der Waals surface area contributed by atoms with Gasteiger partial charge in [0.2, 0.25) is 0 Å². The monoisotopic (exact) mass is 127 g/mol. The van der Waals surface area contributed by atoms with Crippen molar-refractivity contribution in [2.24, 2.45) is 5.73 Å². The zero-order valence-electron chi connectivity index (χ0n) is 6.06. The highest BCUT2D eigenvalue weighted by atomic mass is 15.0. The lowest BCUT2D eigenvalue weighted by Gasteiger charge is -2.20. The van der Waals surface area contributed by atoms with Crippen LogP contribution >= 0.6 is 0 Å². The second-order valence-electron chi connectivity index (χ2n) is 3.02. The summed E-state index contributed by atoms with van der Waals surface area (Å²) in [4.78, 5) is 0. The topological polar surface area (TPSA) is 40.1 Å². The number of rotatable bonds is 2. The van der Waals surface area contributed by atoms with Gasteiger partial charge in [-0.05, 0) is 32.7 Å². The molecule has 2 nitrogen and oxygen atoms in total. The van der Waals surface area contributed by atoms with Crippen LogP contribution in [0.1, 0.15) is 26.2 Å². The van der Waals surface area contributed by atoms with Crippen molar-refractivity contribution >= 4 is 0 Å². The first kappa shape index (κ1) is 7.03. The van der Waals surface area contributed by atoms with E-state index in [-0.39, 0.29) is 5.54 Å². The molecule has 1 aliphatic heterocycles. The van der Waals surface area contributed by atoms with E-state index in [4.69, 9.17) is 5.73 Å². The van der Waals surface area contributed by atoms with Crippen LogP contribution in [0.25, 0.3) is 0 Å². The first-order valence-corrected chi connectivity index (χ1v) is 3.66. The van der Waals surface area contributed by atoms with Crippen molar-refractivity contribution < 1.29 is 0 Å². The Kier molecular flexibility index (Phi) is 2.09. The molecule has 1 heterocycles. The Hall–Kier alpha value is -0.0800. The van der Waals surface area contributed by atoms with Gasteiger partial charge in [-0.1, -0.05) is 0 Å². The fourth-order valence-corrected chi connectivity index (χ4v) is 1.40. The molecule has 53 valence electrons. The summed E-state index contributed by atoms with van der Waals surface area (Å²) in [6, 6.07) is 0. The van der Waals surface area contributed by atoms with Crippen LogP contribution in [0.2, 0.25) is 0 Å². The molecule has 2 heteroatoms. The van der Waals surface area contributed by atoms with Gasteiger partial charge in [0.1, 0.15) is 0 Å². The third-order valence-electron chi connectivity index (χ3n) is 2.05. The Morgan fingerprint density at radius 3 is 2.89 bits per heavy atom. The van der Waals surface area contributed by atoms with E-state index in [0.717, 1.165) is 19.5 Å². The number of nitrogens with zero attached hydrogens (tertiary/aromatic N) is 1. The summed E-state index contributed by atoms with van der Waals surface area (Å²) in [5.41, 5.74) is 5.68. The summed E-state index contributed by atoms with van der Waals surface area (Å²) >= 11 is 0. The van der Waals surface area contributed by atoms with Crippen molar-refractivity contribution in [3.05, 3.63) is 0 Å². The fraction of sp³-hybridized carbons (Fsp3) is 1.00. The zero-order valence-corrected chi connectivity index (χ0v) is 6.06. The average Bonchev–Trinajstić information content (AvgIpc) is 2.16. The Balaban J connectivity index is 2.32. The van der Waals surface area contributed by atoms with E-state index >= 15 is 0 Å². The molecule has 0 aromatic carbocycles. The molecule has 1 aliphatic rings. The van der Waals surface area contributed by atoms with E-state index in [1.54, 1.807) is 0 Å². The first-order valence-electron chi connectivity index (χ1n) is 3.66. The fourth-order valence-electron chi connectivity index (χ4n) is 1.40. The van der Waals surface area contributed by atoms with Gasteiger partial charge in [0, 0.05) is 12.1 Å². The van der Waals surface area contributed by atoms with Crippen LogP contribution in [-0.4, -0.2) is 18.6 Å². The molecule has 1 saturated heterocycles. The SMILES string of the molecule is CC1(CCN)CCC[N]1. The quantitative estimate of drug-likeness (QED) is 0.576. The summed E-state index contributed by atoms with van der Waals surface area (Å²) < 4.78 is 0. The maximum Gasteiger partial charge on any atom is 0.0341 e. The van der Waals surface area contributed by atoms with Crippen molar-refractivity contribution in [3.8, 4) is 0 Å². The molecular formula is C7H15N2. The van der Waals surface area contributed by atoms with E-state index in [1.807, 2.05) is 0 Å². The second kappa shape index (κ2) is 2.67. The van der Waals surface area contributed by atoms with Crippen molar-refractivity contribution in [3.63, 3.8) is 0 Å². The van der Waals surface area contributed by atoms with Crippen molar-refractivity contribution in [1.82, 2.24) is 5.32 Å². The van der Waals surface area contributed by atoms with Crippen LogP contribution in [0.15, 0.2) is 0 Å². The summed E-state index contributed by atoms with van der Waals surface area (Å²) in [5.74, 6) is 0. The van der Waals surface area contributed by atoms with Gasteiger partial charge < -0.3 is 5.73 Å². The summed E-state index contributed by atoms with van der Waals surface area (Å²) in [5, 5.41) is 4.48. The lowest BCUT2D eigenvalue weighted by Crippen LogP contribution is -2.32. The minimum atomic E-state index is 0.245. The van der Waals surface area contributed by atoms with Crippen LogP contribution in [0.4, 0.5) is 0 Å². The molecule has 0 bridgehead atoms.